The van der Waals surface area contributed by atoms with Crippen molar-refractivity contribution in [3.05, 3.63) is 54.4 Å². The van der Waals surface area contributed by atoms with E-state index in [2.05, 4.69) is 26.2 Å². The van der Waals surface area contributed by atoms with Crippen molar-refractivity contribution in [1.29, 1.82) is 0 Å². The van der Waals surface area contributed by atoms with Crippen molar-refractivity contribution in [2.24, 2.45) is 0 Å². The fraction of sp³-hybridized carbons (Fsp3) is 0.211. The van der Waals surface area contributed by atoms with Crippen LogP contribution in [-0.4, -0.2) is 38.6 Å². The van der Waals surface area contributed by atoms with Crippen LogP contribution in [0.5, 0.6) is 5.75 Å². The molecule has 1 heterocycles. The summed E-state index contributed by atoms with van der Waals surface area (Å²) < 4.78 is 7.03. The molecule has 0 saturated carbocycles. The molecule has 0 aliphatic rings. The minimum atomic E-state index is -0.280. The Bertz CT molecular complexity index is 954. The minimum absolute atomic E-state index is 0.0595. The smallest absolute Gasteiger partial charge is 0.262 e. The number of tetrazole rings is 1. The van der Waals surface area contributed by atoms with Crippen LogP contribution < -0.4 is 15.4 Å². The maximum Gasteiger partial charge on any atom is 0.262 e. The first-order chi connectivity index (χ1) is 13.5. The lowest BCUT2D eigenvalue weighted by Gasteiger charge is -2.12. The number of amides is 2. The number of rotatable bonds is 7. The van der Waals surface area contributed by atoms with Crippen LogP contribution in [0.4, 0.5) is 11.4 Å². The summed E-state index contributed by atoms with van der Waals surface area (Å²) in [5.41, 5.74) is 2.99. The van der Waals surface area contributed by atoms with Gasteiger partial charge in [-0.2, -0.15) is 0 Å². The number of ether oxygens (including phenoxy) is 1. The highest BCUT2D eigenvalue weighted by atomic mass is 16.5. The maximum absolute atomic E-state index is 12.2. The standard InChI is InChI=1S/C19H20N6O3/c1-3-18(26)21-14-4-9-17(13(2)10-14)22-19(27)11-28-16-7-5-15(6-8-16)25-12-20-23-24-25/h4-10,12H,3,11H2,1-2H3,(H,21,26)(H,22,27). The van der Waals surface area contributed by atoms with Crippen molar-refractivity contribution >= 4 is 23.2 Å². The lowest BCUT2D eigenvalue weighted by molar-refractivity contribution is -0.118. The van der Waals surface area contributed by atoms with E-state index in [4.69, 9.17) is 4.74 Å². The van der Waals surface area contributed by atoms with E-state index in [1.54, 1.807) is 43.3 Å². The van der Waals surface area contributed by atoms with Crippen molar-refractivity contribution in [3.63, 3.8) is 0 Å². The molecule has 9 nitrogen and oxygen atoms in total. The third kappa shape index (κ3) is 4.91. The Kier molecular flexibility index (Phi) is 5.95. The minimum Gasteiger partial charge on any atom is -0.484 e. The third-order valence-corrected chi connectivity index (χ3v) is 3.93. The molecule has 3 aromatic rings. The van der Waals surface area contributed by atoms with E-state index in [0.717, 1.165) is 11.3 Å². The van der Waals surface area contributed by atoms with Gasteiger partial charge in [-0.15, -0.1) is 5.10 Å². The monoisotopic (exact) mass is 380 g/mol. The van der Waals surface area contributed by atoms with Crippen LogP contribution in [0.1, 0.15) is 18.9 Å². The van der Waals surface area contributed by atoms with Gasteiger partial charge in [-0.05, 0) is 65.4 Å². The molecule has 2 amide bonds. The molecule has 1 aromatic heterocycles. The molecular formula is C19H20N6O3. The summed E-state index contributed by atoms with van der Waals surface area (Å²) in [6, 6.07) is 12.4. The summed E-state index contributed by atoms with van der Waals surface area (Å²) in [4.78, 5) is 23.6. The Labute approximate surface area is 161 Å². The zero-order valence-corrected chi connectivity index (χ0v) is 15.5. The number of aromatic nitrogens is 4. The van der Waals surface area contributed by atoms with E-state index in [-0.39, 0.29) is 18.4 Å². The molecule has 0 fully saturated rings. The number of hydrogen-bond acceptors (Lipinski definition) is 6. The summed E-state index contributed by atoms with van der Waals surface area (Å²) >= 11 is 0. The van der Waals surface area contributed by atoms with Gasteiger partial charge in [0.15, 0.2) is 6.61 Å². The number of nitrogens with one attached hydrogen (secondary N) is 2. The number of aryl methyl sites for hydroxylation is 1. The van der Waals surface area contributed by atoms with Crippen LogP contribution in [0.3, 0.4) is 0 Å². The second kappa shape index (κ2) is 8.76. The first-order valence-electron chi connectivity index (χ1n) is 8.71. The van der Waals surface area contributed by atoms with Gasteiger partial charge in [0.05, 0.1) is 5.69 Å². The van der Waals surface area contributed by atoms with Crippen LogP contribution in [-0.2, 0) is 9.59 Å². The quantitative estimate of drug-likeness (QED) is 0.651. The predicted octanol–water partition coefficient (Wildman–Crippen LogP) is 2.34. The summed E-state index contributed by atoms with van der Waals surface area (Å²) in [7, 11) is 0. The number of nitrogens with zero attached hydrogens (tertiary/aromatic N) is 4. The van der Waals surface area contributed by atoms with Gasteiger partial charge in [-0.3, -0.25) is 9.59 Å². The maximum atomic E-state index is 12.2. The fourth-order valence-electron chi connectivity index (χ4n) is 2.44. The molecule has 0 bridgehead atoms. The van der Waals surface area contributed by atoms with Gasteiger partial charge in [-0.25, -0.2) is 4.68 Å². The Balaban J connectivity index is 1.53. The van der Waals surface area contributed by atoms with Crippen molar-refractivity contribution < 1.29 is 14.3 Å². The van der Waals surface area contributed by atoms with Gasteiger partial charge in [0.2, 0.25) is 5.91 Å². The number of hydrogen-bond donors (Lipinski definition) is 2. The molecular weight excluding hydrogens is 360 g/mol. The number of carbonyl (C=O) groups excluding carboxylic acids is 2. The molecule has 28 heavy (non-hydrogen) atoms. The van der Waals surface area contributed by atoms with E-state index >= 15 is 0 Å². The molecule has 9 heteroatoms. The molecule has 0 saturated heterocycles. The second-order valence-corrected chi connectivity index (χ2v) is 6.02. The highest BCUT2D eigenvalue weighted by Crippen LogP contribution is 2.20. The van der Waals surface area contributed by atoms with Crippen molar-refractivity contribution in [1.82, 2.24) is 20.2 Å². The first kappa shape index (κ1) is 19.0. The molecule has 0 aliphatic carbocycles. The van der Waals surface area contributed by atoms with Gasteiger partial charge < -0.3 is 15.4 Å². The van der Waals surface area contributed by atoms with Gasteiger partial charge in [0, 0.05) is 17.8 Å². The normalized spacial score (nSPS) is 10.4. The number of carbonyl (C=O) groups is 2. The molecule has 0 atom stereocenters. The topological polar surface area (TPSA) is 111 Å². The first-order valence-corrected chi connectivity index (χ1v) is 8.71. The van der Waals surface area contributed by atoms with Gasteiger partial charge in [0.1, 0.15) is 12.1 Å². The molecule has 3 rings (SSSR count). The SMILES string of the molecule is CCC(=O)Nc1ccc(NC(=O)COc2ccc(-n3cnnn3)cc2)c(C)c1. The summed E-state index contributed by atoms with van der Waals surface area (Å²) in [5, 5.41) is 16.5. The van der Waals surface area contributed by atoms with Gasteiger partial charge >= 0.3 is 0 Å². The Morgan fingerprint density at radius 2 is 1.86 bits per heavy atom. The lowest BCUT2D eigenvalue weighted by atomic mass is 10.1. The zero-order valence-electron chi connectivity index (χ0n) is 15.5. The van der Waals surface area contributed by atoms with Crippen molar-refractivity contribution in [3.8, 4) is 11.4 Å². The molecule has 2 N–H and O–H groups in total. The summed E-state index contributed by atoms with van der Waals surface area (Å²) in [5.74, 6) is 0.218. The molecule has 0 aliphatic heterocycles. The van der Waals surface area contributed by atoms with Crippen LogP contribution in [0.15, 0.2) is 48.8 Å². The molecule has 0 unspecified atom stereocenters. The van der Waals surface area contributed by atoms with E-state index in [1.165, 1.54) is 11.0 Å². The number of anilines is 2. The van der Waals surface area contributed by atoms with Crippen LogP contribution in [0, 0.1) is 6.92 Å². The van der Waals surface area contributed by atoms with E-state index in [1.807, 2.05) is 13.0 Å². The van der Waals surface area contributed by atoms with Crippen molar-refractivity contribution in [2.75, 3.05) is 17.2 Å². The second-order valence-electron chi connectivity index (χ2n) is 6.02. The van der Waals surface area contributed by atoms with Crippen molar-refractivity contribution in [2.45, 2.75) is 20.3 Å². The lowest BCUT2D eigenvalue weighted by Crippen LogP contribution is -2.20. The van der Waals surface area contributed by atoms with E-state index < -0.39 is 0 Å². The Hall–Kier alpha value is -3.75. The van der Waals surface area contributed by atoms with Gasteiger partial charge in [-0.1, -0.05) is 6.92 Å². The third-order valence-electron chi connectivity index (χ3n) is 3.93. The average Bonchev–Trinajstić information content (AvgIpc) is 3.23. The van der Waals surface area contributed by atoms with E-state index in [0.29, 0.717) is 23.5 Å². The van der Waals surface area contributed by atoms with Crippen LogP contribution in [0.25, 0.3) is 5.69 Å². The van der Waals surface area contributed by atoms with Crippen LogP contribution in [0.2, 0.25) is 0 Å². The fourth-order valence-corrected chi connectivity index (χ4v) is 2.44. The summed E-state index contributed by atoms with van der Waals surface area (Å²) in [6.07, 6.45) is 1.90. The largest absolute Gasteiger partial charge is 0.484 e. The zero-order chi connectivity index (χ0) is 19.9. The predicted molar refractivity (Wildman–Crippen MR) is 103 cm³/mol. The summed E-state index contributed by atoms with van der Waals surface area (Å²) in [6.45, 7) is 3.52. The van der Waals surface area contributed by atoms with Crippen LogP contribution >= 0.6 is 0 Å². The Morgan fingerprint density at radius 1 is 1.07 bits per heavy atom. The van der Waals surface area contributed by atoms with E-state index in [9.17, 15) is 9.59 Å². The molecule has 144 valence electrons. The number of benzene rings is 2. The molecule has 2 aromatic carbocycles. The molecule has 0 spiro atoms. The highest BCUT2D eigenvalue weighted by Gasteiger charge is 2.08. The average molecular weight is 380 g/mol. The van der Waals surface area contributed by atoms with Gasteiger partial charge in [0.25, 0.3) is 5.91 Å². The highest BCUT2D eigenvalue weighted by molar-refractivity contribution is 5.94. The molecule has 0 radical (unpaired) electrons. The Morgan fingerprint density at radius 3 is 2.50 bits per heavy atom.